The molecule has 3 aromatic rings. The van der Waals surface area contributed by atoms with Gasteiger partial charge < -0.3 is 5.32 Å². The molecule has 1 N–H and O–H groups in total. The number of anilines is 1. The standard InChI is InChI=1S/C23H22F4N4O/c1-30-12-15(11-28-30)13-31-14-17(22(32)29-20-7-3-6-19(24)10-20)9-21(31)16-4-2-5-18(8-16)23(25,26)27/h2-8,10-12,17,21H,9,13-14H2,1H3,(H,29,32)/t17-,21+/m1/s1. The van der Waals surface area contributed by atoms with E-state index < -0.39 is 23.5 Å². The highest BCUT2D eigenvalue weighted by Gasteiger charge is 2.38. The Balaban J connectivity index is 1.58. The molecule has 9 heteroatoms. The first-order valence-corrected chi connectivity index (χ1v) is 10.1. The van der Waals surface area contributed by atoms with E-state index in [-0.39, 0.29) is 11.9 Å². The van der Waals surface area contributed by atoms with Crippen LogP contribution in [0.25, 0.3) is 0 Å². The van der Waals surface area contributed by atoms with Crippen molar-refractivity contribution in [3.8, 4) is 0 Å². The summed E-state index contributed by atoms with van der Waals surface area (Å²) in [7, 11) is 1.78. The minimum Gasteiger partial charge on any atom is -0.326 e. The van der Waals surface area contributed by atoms with Gasteiger partial charge in [0.15, 0.2) is 0 Å². The van der Waals surface area contributed by atoms with E-state index in [0.29, 0.717) is 30.8 Å². The fourth-order valence-corrected chi connectivity index (χ4v) is 4.14. The molecule has 0 spiro atoms. The van der Waals surface area contributed by atoms with Crippen LogP contribution in [0.4, 0.5) is 23.2 Å². The van der Waals surface area contributed by atoms with E-state index in [1.807, 2.05) is 11.1 Å². The Kier molecular flexibility index (Phi) is 6.01. The summed E-state index contributed by atoms with van der Waals surface area (Å²) in [5.41, 5.74) is 1.03. The second-order valence-electron chi connectivity index (χ2n) is 8.02. The van der Waals surface area contributed by atoms with E-state index in [1.54, 1.807) is 30.1 Å². The van der Waals surface area contributed by atoms with Crippen LogP contribution in [0.5, 0.6) is 0 Å². The number of likely N-dealkylation sites (tertiary alicyclic amines) is 1. The molecule has 0 bridgehead atoms. The van der Waals surface area contributed by atoms with E-state index in [4.69, 9.17) is 0 Å². The maximum Gasteiger partial charge on any atom is 0.416 e. The summed E-state index contributed by atoms with van der Waals surface area (Å²) >= 11 is 0. The van der Waals surface area contributed by atoms with Crippen LogP contribution in [0.15, 0.2) is 60.9 Å². The zero-order chi connectivity index (χ0) is 22.9. The van der Waals surface area contributed by atoms with Crippen molar-refractivity contribution in [1.82, 2.24) is 14.7 Å². The summed E-state index contributed by atoms with van der Waals surface area (Å²) < 4.78 is 54.9. The number of alkyl halides is 3. The number of aryl methyl sites for hydroxylation is 1. The molecule has 1 aromatic heterocycles. The van der Waals surface area contributed by atoms with Gasteiger partial charge in [0.2, 0.25) is 5.91 Å². The number of nitrogens with zero attached hydrogens (tertiary/aromatic N) is 3. The average molecular weight is 446 g/mol. The maximum absolute atomic E-state index is 13.5. The second kappa shape index (κ2) is 8.74. The third-order valence-corrected chi connectivity index (χ3v) is 5.61. The number of amides is 1. The highest BCUT2D eigenvalue weighted by molar-refractivity contribution is 5.93. The van der Waals surface area contributed by atoms with Gasteiger partial charge in [-0.1, -0.05) is 18.2 Å². The van der Waals surface area contributed by atoms with Crippen LogP contribution in [-0.2, 0) is 24.6 Å². The molecule has 168 valence electrons. The smallest absolute Gasteiger partial charge is 0.326 e. The fraction of sp³-hybridized carbons (Fsp3) is 0.304. The van der Waals surface area contributed by atoms with Crippen molar-refractivity contribution in [2.45, 2.75) is 25.2 Å². The van der Waals surface area contributed by atoms with Gasteiger partial charge in [-0.25, -0.2) is 4.39 Å². The lowest BCUT2D eigenvalue weighted by Gasteiger charge is -2.24. The third-order valence-electron chi connectivity index (χ3n) is 5.61. The van der Waals surface area contributed by atoms with Crippen LogP contribution in [0, 0.1) is 11.7 Å². The molecule has 1 aliphatic rings. The number of rotatable bonds is 5. The molecule has 32 heavy (non-hydrogen) atoms. The molecule has 0 aliphatic carbocycles. The highest BCUT2D eigenvalue weighted by atomic mass is 19.4. The van der Waals surface area contributed by atoms with Crippen molar-refractivity contribution in [2.75, 3.05) is 11.9 Å². The van der Waals surface area contributed by atoms with Crippen LogP contribution in [0.3, 0.4) is 0 Å². The molecular weight excluding hydrogens is 424 g/mol. The highest BCUT2D eigenvalue weighted by Crippen LogP contribution is 2.39. The average Bonchev–Trinajstić information content (AvgIpc) is 3.34. The first-order valence-electron chi connectivity index (χ1n) is 10.1. The van der Waals surface area contributed by atoms with Crippen molar-refractivity contribution in [2.24, 2.45) is 13.0 Å². The van der Waals surface area contributed by atoms with Crippen molar-refractivity contribution >= 4 is 11.6 Å². The molecule has 2 atom stereocenters. The summed E-state index contributed by atoms with van der Waals surface area (Å²) in [6, 6.07) is 10.5. The number of aromatic nitrogens is 2. The number of benzene rings is 2. The van der Waals surface area contributed by atoms with Crippen molar-refractivity contribution < 1.29 is 22.4 Å². The van der Waals surface area contributed by atoms with Gasteiger partial charge >= 0.3 is 6.18 Å². The van der Waals surface area contributed by atoms with Gasteiger partial charge in [-0.15, -0.1) is 0 Å². The molecule has 1 saturated heterocycles. The first kappa shape index (κ1) is 22.0. The predicted molar refractivity (Wildman–Crippen MR) is 111 cm³/mol. The van der Waals surface area contributed by atoms with Crippen LogP contribution in [0.2, 0.25) is 0 Å². The number of carbonyl (C=O) groups excluding carboxylic acids is 1. The van der Waals surface area contributed by atoms with Gasteiger partial charge in [-0.05, 0) is 42.3 Å². The van der Waals surface area contributed by atoms with E-state index >= 15 is 0 Å². The molecule has 2 aromatic carbocycles. The lowest BCUT2D eigenvalue weighted by atomic mass is 9.97. The molecular formula is C23H22F4N4O. The van der Waals surface area contributed by atoms with Gasteiger partial charge in [0.25, 0.3) is 0 Å². The van der Waals surface area contributed by atoms with Crippen LogP contribution < -0.4 is 5.32 Å². The summed E-state index contributed by atoms with van der Waals surface area (Å²) in [6.45, 7) is 0.801. The van der Waals surface area contributed by atoms with Gasteiger partial charge in [0.1, 0.15) is 5.82 Å². The Morgan fingerprint density at radius 3 is 2.66 bits per heavy atom. The SMILES string of the molecule is Cn1cc(CN2C[C@H](C(=O)Nc3cccc(F)c3)C[C@H]2c2cccc(C(F)(F)F)c2)cn1. The van der Waals surface area contributed by atoms with E-state index in [9.17, 15) is 22.4 Å². The van der Waals surface area contributed by atoms with E-state index in [1.165, 1.54) is 24.3 Å². The topological polar surface area (TPSA) is 50.2 Å². The normalized spacial score (nSPS) is 19.3. The van der Waals surface area contributed by atoms with Gasteiger partial charge in [0.05, 0.1) is 17.7 Å². The molecule has 5 nitrogen and oxygen atoms in total. The largest absolute Gasteiger partial charge is 0.416 e. The zero-order valence-corrected chi connectivity index (χ0v) is 17.3. The quantitative estimate of drug-likeness (QED) is 0.574. The molecule has 0 radical (unpaired) electrons. The summed E-state index contributed by atoms with van der Waals surface area (Å²) in [5.74, 6) is -1.22. The lowest BCUT2D eigenvalue weighted by Crippen LogP contribution is -2.27. The number of hydrogen-bond acceptors (Lipinski definition) is 3. The monoisotopic (exact) mass is 446 g/mol. The minimum atomic E-state index is -4.45. The molecule has 0 unspecified atom stereocenters. The Labute approximate surface area is 182 Å². The van der Waals surface area contributed by atoms with Crippen LogP contribution >= 0.6 is 0 Å². The fourth-order valence-electron chi connectivity index (χ4n) is 4.14. The summed E-state index contributed by atoms with van der Waals surface area (Å²) in [5, 5.41) is 6.87. The molecule has 1 aliphatic heterocycles. The van der Waals surface area contributed by atoms with Crippen LogP contribution in [-0.4, -0.2) is 27.1 Å². The second-order valence-corrected chi connectivity index (χ2v) is 8.02. The molecule has 4 rings (SSSR count). The van der Waals surface area contributed by atoms with Crippen molar-refractivity contribution in [3.05, 3.63) is 83.4 Å². The van der Waals surface area contributed by atoms with Crippen LogP contribution in [0.1, 0.15) is 29.2 Å². The van der Waals surface area contributed by atoms with Crippen molar-refractivity contribution in [3.63, 3.8) is 0 Å². The number of halogens is 4. The number of hydrogen-bond donors (Lipinski definition) is 1. The Hall–Kier alpha value is -3.20. The summed E-state index contributed by atoms with van der Waals surface area (Å²) in [6.07, 6.45) is -0.563. The lowest BCUT2D eigenvalue weighted by molar-refractivity contribution is -0.137. The van der Waals surface area contributed by atoms with E-state index in [0.717, 1.165) is 17.7 Å². The number of carbonyl (C=O) groups is 1. The Morgan fingerprint density at radius 2 is 1.97 bits per heavy atom. The first-order chi connectivity index (χ1) is 15.2. The molecule has 0 saturated carbocycles. The molecule has 2 heterocycles. The number of nitrogens with one attached hydrogen (secondary N) is 1. The van der Waals surface area contributed by atoms with Gasteiger partial charge in [-0.3, -0.25) is 14.4 Å². The zero-order valence-electron chi connectivity index (χ0n) is 17.3. The Bertz CT molecular complexity index is 1110. The summed E-state index contributed by atoms with van der Waals surface area (Å²) in [4.78, 5) is 14.9. The Morgan fingerprint density at radius 1 is 1.19 bits per heavy atom. The predicted octanol–water partition coefficient (Wildman–Crippen LogP) is 4.78. The molecule has 1 amide bonds. The van der Waals surface area contributed by atoms with Gasteiger partial charge in [-0.2, -0.15) is 18.3 Å². The van der Waals surface area contributed by atoms with Gasteiger partial charge in [0, 0.05) is 43.6 Å². The third kappa shape index (κ3) is 4.99. The maximum atomic E-state index is 13.5. The molecule has 1 fully saturated rings. The minimum absolute atomic E-state index is 0.290. The van der Waals surface area contributed by atoms with E-state index in [2.05, 4.69) is 10.4 Å². The van der Waals surface area contributed by atoms with Crippen molar-refractivity contribution in [1.29, 1.82) is 0 Å².